The molecule has 2 fully saturated rings. The third-order valence-electron chi connectivity index (χ3n) is 6.42. The third kappa shape index (κ3) is 4.47. The highest BCUT2D eigenvalue weighted by atomic mass is 16.5. The second kappa shape index (κ2) is 8.79. The summed E-state index contributed by atoms with van der Waals surface area (Å²) in [6, 6.07) is 20.8. The number of likely N-dealkylation sites (tertiary alicyclic amines) is 1. The quantitative estimate of drug-likeness (QED) is 0.779. The second-order valence-corrected chi connectivity index (χ2v) is 8.05. The molecule has 2 aromatic rings. The topological polar surface area (TPSA) is 24.5 Å². The summed E-state index contributed by atoms with van der Waals surface area (Å²) in [5.41, 5.74) is 2.75. The predicted octanol–water partition coefficient (Wildman–Crippen LogP) is 5.30. The zero-order valence-electron chi connectivity index (χ0n) is 16.4. The van der Waals surface area contributed by atoms with Gasteiger partial charge in [0.05, 0.1) is 7.11 Å². The van der Waals surface area contributed by atoms with Crippen LogP contribution in [0, 0.1) is 0 Å². The van der Waals surface area contributed by atoms with Crippen LogP contribution in [0.15, 0.2) is 54.6 Å². The van der Waals surface area contributed by atoms with Gasteiger partial charge in [0, 0.05) is 30.9 Å². The van der Waals surface area contributed by atoms with Crippen molar-refractivity contribution < 1.29 is 4.74 Å². The highest BCUT2D eigenvalue weighted by molar-refractivity contribution is 5.47. The van der Waals surface area contributed by atoms with Gasteiger partial charge in [-0.2, -0.15) is 0 Å². The Bertz CT molecular complexity index is 692. The van der Waals surface area contributed by atoms with Gasteiger partial charge in [-0.15, -0.1) is 0 Å². The van der Waals surface area contributed by atoms with Crippen LogP contribution in [0.25, 0.3) is 0 Å². The molecule has 0 amide bonds. The van der Waals surface area contributed by atoms with E-state index in [9.17, 15) is 0 Å². The van der Waals surface area contributed by atoms with E-state index in [1.807, 2.05) is 12.1 Å². The molecule has 0 radical (unpaired) electrons. The average molecular weight is 365 g/mol. The molecule has 2 aliphatic rings. The number of benzene rings is 2. The van der Waals surface area contributed by atoms with Gasteiger partial charge in [-0.25, -0.2) is 0 Å². The van der Waals surface area contributed by atoms with Crippen molar-refractivity contribution in [2.45, 2.75) is 56.5 Å². The zero-order valence-corrected chi connectivity index (χ0v) is 16.4. The van der Waals surface area contributed by atoms with Crippen LogP contribution in [-0.2, 0) is 0 Å². The molecule has 1 saturated carbocycles. The molecule has 144 valence electrons. The van der Waals surface area contributed by atoms with E-state index in [0.29, 0.717) is 12.0 Å². The Hall–Kier alpha value is -2.00. The molecule has 1 aliphatic heterocycles. The van der Waals surface area contributed by atoms with E-state index in [4.69, 9.17) is 4.74 Å². The van der Waals surface area contributed by atoms with Crippen molar-refractivity contribution in [2.75, 3.05) is 25.5 Å². The Morgan fingerprint density at radius 2 is 1.56 bits per heavy atom. The summed E-state index contributed by atoms with van der Waals surface area (Å²) >= 11 is 0. The Labute approximate surface area is 163 Å². The smallest absolute Gasteiger partial charge is 0.119 e. The number of nitrogens with zero attached hydrogens (tertiary/aromatic N) is 1. The molecule has 3 heteroatoms. The summed E-state index contributed by atoms with van der Waals surface area (Å²) in [5, 5.41) is 3.72. The number of anilines is 1. The number of nitrogens with one attached hydrogen (secondary N) is 1. The number of rotatable bonds is 5. The second-order valence-electron chi connectivity index (χ2n) is 8.05. The summed E-state index contributed by atoms with van der Waals surface area (Å²) in [5.74, 6) is 1.63. The van der Waals surface area contributed by atoms with Crippen molar-refractivity contribution >= 4 is 5.69 Å². The zero-order chi connectivity index (χ0) is 18.5. The predicted molar refractivity (Wildman–Crippen MR) is 113 cm³/mol. The first-order valence-corrected chi connectivity index (χ1v) is 10.5. The average Bonchev–Trinajstić information content (AvgIpc) is 2.75. The standard InChI is InChI=1S/C24H32N2O/c1-27-22-13-11-20(12-14-22)25-21-15-17-26(18-16-21)24-10-6-5-9-23(24)19-7-3-2-4-8-19/h2-4,7-8,11-14,21,23-25H,5-6,9-10,15-18H2,1H3. The number of piperidine rings is 1. The number of ether oxygens (including phenoxy) is 1. The fourth-order valence-corrected chi connectivity index (χ4v) is 4.94. The summed E-state index contributed by atoms with van der Waals surface area (Å²) in [6.07, 6.45) is 7.92. The highest BCUT2D eigenvalue weighted by Gasteiger charge is 2.33. The number of methoxy groups -OCH3 is 1. The minimum Gasteiger partial charge on any atom is -0.497 e. The minimum atomic E-state index is 0.577. The normalized spacial score (nSPS) is 24.5. The van der Waals surface area contributed by atoms with Gasteiger partial charge in [-0.1, -0.05) is 43.2 Å². The summed E-state index contributed by atoms with van der Waals surface area (Å²) in [4.78, 5) is 2.78. The van der Waals surface area contributed by atoms with E-state index < -0.39 is 0 Å². The molecule has 2 unspecified atom stereocenters. The number of hydrogen-bond donors (Lipinski definition) is 1. The van der Waals surface area contributed by atoms with Gasteiger partial charge in [-0.05, 0) is 61.4 Å². The molecular weight excluding hydrogens is 332 g/mol. The van der Waals surface area contributed by atoms with E-state index in [1.54, 1.807) is 12.7 Å². The fourth-order valence-electron chi connectivity index (χ4n) is 4.94. The van der Waals surface area contributed by atoms with Gasteiger partial charge in [0.25, 0.3) is 0 Å². The molecule has 0 bridgehead atoms. The first-order chi connectivity index (χ1) is 13.3. The third-order valence-corrected chi connectivity index (χ3v) is 6.42. The van der Waals surface area contributed by atoms with Gasteiger partial charge in [-0.3, -0.25) is 4.90 Å². The maximum atomic E-state index is 5.25. The molecule has 1 aliphatic carbocycles. The van der Waals surface area contributed by atoms with Crippen molar-refractivity contribution in [1.82, 2.24) is 4.90 Å². The van der Waals surface area contributed by atoms with Crippen LogP contribution in [0.1, 0.15) is 50.0 Å². The molecule has 1 heterocycles. The maximum Gasteiger partial charge on any atom is 0.119 e. The van der Waals surface area contributed by atoms with Crippen LogP contribution in [0.5, 0.6) is 5.75 Å². The van der Waals surface area contributed by atoms with Crippen molar-refractivity contribution in [3.05, 3.63) is 60.2 Å². The Balaban J connectivity index is 1.34. The molecular formula is C24H32N2O. The maximum absolute atomic E-state index is 5.25. The molecule has 3 nitrogen and oxygen atoms in total. The SMILES string of the molecule is COc1ccc(NC2CCN(C3CCCCC3c3ccccc3)CC2)cc1. The molecule has 2 atom stereocenters. The molecule has 27 heavy (non-hydrogen) atoms. The van der Waals surface area contributed by atoms with Gasteiger partial charge in [0.2, 0.25) is 0 Å². The lowest BCUT2D eigenvalue weighted by molar-refractivity contribution is 0.109. The summed E-state index contributed by atoms with van der Waals surface area (Å²) < 4.78 is 5.25. The van der Waals surface area contributed by atoms with Crippen LogP contribution in [0.3, 0.4) is 0 Å². The van der Waals surface area contributed by atoms with Crippen LogP contribution < -0.4 is 10.1 Å². The van der Waals surface area contributed by atoms with Gasteiger partial charge < -0.3 is 10.1 Å². The fraction of sp³-hybridized carbons (Fsp3) is 0.500. The van der Waals surface area contributed by atoms with Crippen molar-refractivity contribution in [3.8, 4) is 5.75 Å². The highest BCUT2D eigenvalue weighted by Crippen LogP contribution is 2.37. The Morgan fingerprint density at radius 1 is 0.852 bits per heavy atom. The lowest BCUT2D eigenvalue weighted by Crippen LogP contribution is -2.47. The van der Waals surface area contributed by atoms with Crippen molar-refractivity contribution in [2.24, 2.45) is 0 Å². The first-order valence-electron chi connectivity index (χ1n) is 10.5. The Morgan fingerprint density at radius 3 is 2.26 bits per heavy atom. The minimum absolute atomic E-state index is 0.577. The molecule has 4 rings (SSSR count). The Kier molecular flexibility index (Phi) is 5.98. The lowest BCUT2D eigenvalue weighted by atomic mass is 9.78. The summed E-state index contributed by atoms with van der Waals surface area (Å²) in [7, 11) is 1.71. The lowest BCUT2D eigenvalue weighted by Gasteiger charge is -2.44. The molecule has 2 aromatic carbocycles. The summed E-state index contributed by atoms with van der Waals surface area (Å²) in [6.45, 7) is 2.42. The van der Waals surface area contributed by atoms with Gasteiger partial charge in [0.15, 0.2) is 0 Å². The molecule has 0 spiro atoms. The molecule has 0 aromatic heterocycles. The van der Waals surface area contributed by atoms with Crippen LogP contribution >= 0.6 is 0 Å². The van der Waals surface area contributed by atoms with Crippen molar-refractivity contribution in [1.29, 1.82) is 0 Å². The first kappa shape index (κ1) is 18.4. The van der Waals surface area contributed by atoms with E-state index >= 15 is 0 Å². The van der Waals surface area contributed by atoms with Crippen LogP contribution in [0.2, 0.25) is 0 Å². The number of hydrogen-bond acceptors (Lipinski definition) is 3. The largest absolute Gasteiger partial charge is 0.497 e. The van der Waals surface area contributed by atoms with Gasteiger partial charge in [0.1, 0.15) is 5.75 Å². The monoisotopic (exact) mass is 364 g/mol. The van der Waals surface area contributed by atoms with E-state index in [0.717, 1.165) is 11.8 Å². The van der Waals surface area contributed by atoms with E-state index in [-0.39, 0.29) is 0 Å². The van der Waals surface area contributed by atoms with Crippen LogP contribution in [-0.4, -0.2) is 37.2 Å². The molecule has 1 saturated heterocycles. The molecule has 1 N–H and O–H groups in total. The van der Waals surface area contributed by atoms with E-state index in [2.05, 4.69) is 52.7 Å². The van der Waals surface area contributed by atoms with E-state index in [1.165, 1.54) is 57.3 Å². The van der Waals surface area contributed by atoms with Gasteiger partial charge >= 0.3 is 0 Å². The van der Waals surface area contributed by atoms with Crippen LogP contribution in [0.4, 0.5) is 5.69 Å². The van der Waals surface area contributed by atoms with Crippen molar-refractivity contribution in [3.63, 3.8) is 0 Å².